The quantitative estimate of drug-likeness (QED) is 0.865. The second-order valence-corrected chi connectivity index (χ2v) is 3.34. The van der Waals surface area contributed by atoms with Gasteiger partial charge in [-0.25, -0.2) is 4.79 Å². The molecule has 6 nitrogen and oxygen atoms in total. The maximum atomic E-state index is 10.7. The number of carboxylic acids is 1. The van der Waals surface area contributed by atoms with Gasteiger partial charge in [0.05, 0.1) is 5.56 Å². The first-order valence-corrected chi connectivity index (χ1v) is 4.90. The number of rotatable bonds is 4. The molecule has 0 aliphatic carbocycles. The molecule has 0 amide bonds. The number of benzene rings is 1. The summed E-state index contributed by atoms with van der Waals surface area (Å²) >= 11 is 0. The van der Waals surface area contributed by atoms with Crippen molar-refractivity contribution < 1.29 is 19.1 Å². The molecule has 17 heavy (non-hydrogen) atoms. The van der Waals surface area contributed by atoms with Crippen LogP contribution in [0.4, 0.5) is 0 Å². The summed E-state index contributed by atoms with van der Waals surface area (Å²) in [7, 11) is 0. The van der Waals surface area contributed by atoms with E-state index in [2.05, 4.69) is 10.2 Å². The van der Waals surface area contributed by atoms with Crippen molar-refractivity contribution in [1.82, 2.24) is 10.2 Å². The van der Waals surface area contributed by atoms with E-state index in [0.29, 0.717) is 17.5 Å². The van der Waals surface area contributed by atoms with Gasteiger partial charge in [-0.1, -0.05) is 6.07 Å². The molecule has 1 N–H and O–H groups in total. The number of aromatic carboxylic acids is 1. The fourth-order valence-corrected chi connectivity index (χ4v) is 1.26. The lowest BCUT2D eigenvalue weighted by atomic mass is 10.2. The molecule has 0 bridgehead atoms. The minimum atomic E-state index is -0.996. The molecular weight excluding hydrogens is 224 g/mol. The number of nitrogens with zero attached hydrogens (tertiary/aromatic N) is 2. The third kappa shape index (κ3) is 2.81. The van der Waals surface area contributed by atoms with E-state index in [1.165, 1.54) is 12.1 Å². The van der Waals surface area contributed by atoms with Crippen LogP contribution in [0.25, 0.3) is 0 Å². The first-order chi connectivity index (χ1) is 8.15. The van der Waals surface area contributed by atoms with Gasteiger partial charge in [0.2, 0.25) is 5.89 Å². The van der Waals surface area contributed by atoms with Crippen LogP contribution in [0.5, 0.6) is 5.75 Å². The van der Waals surface area contributed by atoms with Gasteiger partial charge in [-0.15, -0.1) is 10.2 Å². The average molecular weight is 234 g/mol. The van der Waals surface area contributed by atoms with Crippen molar-refractivity contribution in [3.8, 4) is 5.75 Å². The molecule has 0 aliphatic rings. The Morgan fingerprint density at radius 3 is 2.94 bits per heavy atom. The Morgan fingerprint density at radius 2 is 2.29 bits per heavy atom. The van der Waals surface area contributed by atoms with Crippen LogP contribution in [-0.2, 0) is 6.61 Å². The summed E-state index contributed by atoms with van der Waals surface area (Å²) in [6.07, 6.45) is 0. The summed E-state index contributed by atoms with van der Waals surface area (Å²) in [6.45, 7) is 1.80. The van der Waals surface area contributed by atoms with Crippen molar-refractivity contribution in [2.45, 2.75) is 13.5 Å². The van der Waals surface area contributed by atoms with E-state index in [1.807, 2.05) is 0 Å². The highest BCUT2D eigenvalue weighted by molar-refractivity contribution is 5.87. The normalized spacial score (nSPS) is 10.2. The molecule has 0 saturated carbocycles. The summed E-state index contributed by atoms with van der Waals surface area (Å²) in [5.41, 5.74) is 0.171. The van der Waals surface area contributed by atoms with Crippen LogP contribution >= 0.6 is 0 Å². The standard InChI is InChI=1S/C11H10N2O4/c1-7-12-13-10(17-7)6-16-9-4-2-3-8(5-9)11(14)15/h2-5H,6H2,1H3,(H,14,15). The van der Waals surface area contributed by atoms with Gasteiger partial charge in [0.1, 0.15) is 5.75 Å². The number of carbonyl (C=O) groups is 1. The molecule has 0 fully saturated rings. The van der Waals surface area contributed by atoms with Crippen molar-refractivity contribution >= 4 is 5.97 Å². The van der Waals surface area contributed by atoms with Crippen molar-refractivity contribution in [3.05, 3.63) is 41.6 Å². The van der Waals surface area contributed by atoms with Gasteiger partial charge in [0, 0.05) is 6.92 Å². The van der Waals surface area contributed by atoms with E-state index in [1.54, 1.807) is 19.1 Å². The Labute approximate surface area is 96.9 Å². The van der Waals surface area contributed by atoms with Crippen LogP contribution in [-0.4, -0.2) is 21.3 Å². The molecule has 1 aromatic heterocycles. The zero-order valence-corrected chi connectivity index (χ0v) is 9.08. The van der Waals surface area contributed by atoms with Crippen LogP contribution < -0.4 is 4.74 Å². The predicted octanol–water partition coefficient (Wildman–Crippen LogP) is 1.66. The molecule has 1 aromatic carbocycles. The van der Waals surface area contributed by atoms with E-state index in [4.69, 9.17) is 14.3 Å². The van der Waals surface area contributed by atoms with Gasteiger partial charge in [0.25, 0.3) is 5.89 Å². The van der Waals surface area contributed by atoms with E-state index in [0.717, 1.165) is 0 Å². The van der Waals surface area contributed by atoms with Crippen molar-refractivity contribution in [2.75, 3.05) is 0 Å². The number of carboxylic acid groups (broad SMARTS) is 1. The molecule has 2 aromatic rings. The second kappa shape index (κ2) is 4.65. The molecule has 6 heteroatoms. The molecule has 1 heterocycles. The molecule has 88 valence electrons. The highest BCUT2D eigenvalue weighted by atomic mass is 16.5. The number of ether oxygens (including phenoxy) is 1. The highest BCUT2D eigenvalue weighted by Crippen LogP contribution is 2.14. The van der Waals surface area contributed by atoms with Crippen LogP contribution in [0, 0.1) is 6.92 Å². The summed E-state index contributed by atoms with van der Waals surface area (Å²) in [5.74, 6) is 0.260. The van der Waals surface area contributed by atoms with Crippen LogP contribution in [0.2, 0.25) is 0 Å². The van der Waals surface area contributed by atoms with Crippen LogP contribution in [0.1, 0.15) is 22.1 Å². The first kappa shape index (κ1) is 11.1. The molecule has 0 unspecified atom stereocenters. The van der Waals surface area contributed by atoms with Crippen LogP contribution in [0.15, 0.2) is 28.7 Å². The number of hydrogen-bond donors (Lipinski definition) is 1. The van der Waals surface area contributed by atoms with Gasteiger partial charge in [-0.3, -0.25) is 0 Å². The molecule has 0 saturated heterocycles. The Balaban J connectivity index is 2.04. The smallest absolute Gasteiger partial charge is 0.335 e. The maximum absolute atomic E-state index is 10.7. The van der Waals surface area contributed by atoms with Crippen molar-refractivity contribution in [3.63, 3.8) is 0 Å². The van der Waals surface area contributed by atoms with E-state index < -0.39 is 5.97 Å². The van der Waals surface area contributed by atoms with Gasteiger partial charge in [-0.2, -0.15) is 0 Å². The highest BCUT2D eigenvalue weighted by Gasteiger charge is 2.06. The lowest BCUT2D eigenvalue weighted by Gasteiger charge is -2.03. The molecular formula is C11H10N2O4. The fraction of sp³-hybridized carbons (Fsp3) is 0.182. The van der Waals surface area contributed by atoms with Gasteiger partial charge >= 0.3 is 5.97 Å². The lowest BCUT2D eigenvalue weighted by Crippen LogP contribution is -1.99. The third-order valence-electron chi connectivity index (χ3n) is 2.01. The number of aromatic nitrogens is 2. The first-order valence-electron chi connectivity index (χ1n) is 4.90. The summed E-state index contributed by atoms with van der Waals surface area (Å²) in [5, 5.41) is 16.2. The van der Waals surface area contributed by atoms with E-state index in [-0.39, 0.29) is 12.2 Å². The van der Waals surface area contributed by atoms with Crippen molar-refractivity contribution in [1.29, 1.82) is 0 Å². The summed E-state index contributed by atoms with van der Waals surface area (Å²) in [4.78, 5) is 10.7. The Kier molecular flexibility index (Phi) is 3.04. The van der Waals surface area contributed by atoms with E-state index >= 15 is 0 Å². The largest absolute Gasteiger partial charge is 0.484 e. The Morgan fingerprint density at radius 1 is 1.47 bits per heavy atom. The van der Waals surface area contributed by atoms with Gasteiger partial charge in [0.15, 0.2) is 6.61 Å². The van der Waals surface area contributed by atoms with E-state index in [9.17, 15) is 4.79 Å². The third-order valence-corrected chi connectivity index (χ3v) is 2.01. The van der Waals surface area contributed by atoms with Crippen LogP contribution in [0.3, 0.4) is 0 Å². The molecule has 0 atom stereocenters. The topological polar surface area (TPSA) is 85.5 Å². The molecule has 0 aliphatic heterocycles. The second-order valence-electron chi connectivity index (χ2n) is 3.34. The summed E-state index contributed by atoms with van der Waals surface area (Å²) in [6, 6.07) is 6.20. The summed E-state index contributed by atoms with van der Waals surface area (Å²) < 4.78 is 10.5. The zero-order chi connectivity index (χ0) is 12.3. The minimum absolute atomic E-state index is 0.115. The monoisotopic (exact) mass is 234 g/mol. The van der Waals surface area contributed by atoms with Gasteiger partial charge in [-0.05, 0) is 18.2 Å². The number of aryl methyl sites for hydroxylation is 1. The maximum Gasteiger partial charge on any atom is 0.335 e. The fourth-order valence-electron chi connectivity index (χ4n) is 1.26. The van der Waals surface area contributed by atoms with Gasteiger partial charge < -0.3 is 14.3 Å². The average Bonchev–Trinajstić information content (AvgIpc) is 2.73. The Hall–Kier alpha value is -2.37. The Bertz CT molecular complexity index is 536. The predicted molar refractivity (Wildman–Crippen MR) is 56.8 cm³/mol. The molecule has 0 spiro atoms. The molecule has 2 rings (SSSR count). The van der Waals surface area contributed by atoms with Crippen molar-refractivity contribution in [2.24, 2.45) is 0 Å². The zero-order valence-electron chi connectivity index (χ0n) is 9.08. The minimum Gasteiger partial charge on any atom is -0.484 e. The molecule has 0 radical (unpaired) electrons. The number of hydrogen-bond acceptors (Lipinski definition) is 5. The lowest BCUT2D eigenvalue weighted by molar-refractivity contribution is 0.0696. The SMILES string of the molecule is Cc1nnc(COc2cccc(C(=O)O)c2)o1.